The highest BCUT2D eigenvalue weighted by Gasteiger charge is 2.24. The average molecular weight is 673 g/mol. The van der Waals surface area contributed by atoms with Gasteiger partial charge in [0, 0.05) is 5.39 Å². The molecule has 0 heterocycles. The van der Waals surface area contributed by atoms with E-state index in [9.17, 15) is 57.0 Å². The largest absolute Gasteiger partial charge is 0.504 e. The van der Waals surface area contributed by atoms with Crippen molar-refractivity contribution >= 4 is 74.0 Å². The second kappa shape index (κ2) is 11.1. The van der Waals surface area contributed by atoms with Crippen LogP contribution in [0.5, 0.6) is 5.75 Å². The smallest absolute Gasteiger partial charge is 0.298 e. The molecule has 0 bridgehead atoms. The Balaban J connectivity index is 1.86. The van der Waals surface area contributed by atoms with Crippen LogP contribution in [0.25, 0.3) is 10.8 Å². The number of hydrogen-bond acceptors (Lipinski definition) is 13. The first-order valence-electron chi connectivity index (χ1n) is 11.0. The van der Waals surface area contributed by atoms with Crippen molar-refractivity contribution in [3.63, 3.8) is 0 Å². The summed E-state index contributed by atoms with van der Waals surface area (Å²) in [5, 5.41) is 24.8. The van der Waals surface area contributed by atoms with E-state index in [1.54, 1.807) is 0 Å². The third-order valence-corrected chi connectivity index (χ3v) is 8.99. The minimum Gasteiger partial charge on any atom is -0.504 e. The zero-order valence-electron chi connectivity index (χ0n) is 20.8. The molecule has 4 aromatic carbocycles. The molecule has 0 fully saturated rings. The Morgan fingerprint density at radius 1 is 0.512 bits per heavy atom. The van der Waals surface area contributed by atoms with E-state index in [4.69, 9.17) is 0 Å². The van der Waals surface area contributed by atoms with Crippen LogP contribution in [0.2, 0.25) is 0 Å². The Morgan fingerprint density at radius 3 is 1.70 bits per heavy atom. The van der Waals surface area contributed by atoms with E-state index in [2.05, 4.69) is 20.5 Å². The maximum Gasteiger partial charge on any atom is 0.298 e. The lowest BCUT2D eigenvalue weighted by molar-refractivity contribution is 0.445. The van der Waals surface area contributed by atoms with E-state index < -0.39 is 77.2 Å². The molecule has 0 saturated carbocycles. The maximum absolute atomic E-state index is 12.1. The number of aromatic hydroxyl groups is 1. The van der Waals surface area contributed by atoms with Gasteiger partial charge in [0.25, 0.3) is 40.5 Å². The van der Waals surface area contributed by atoms with Crippen molar-refractivity contribution in [2.45, 2.75) is 19.6 Å². The second-order valence-electron chi connectivity index (χ2n) is 8.37. The third kappa shape index (κ3) is 7.06. The highest BCUT2D eigenvalue weighted by Crippen LogP contribution is 2.42. The minimum atomic E-state index is -5.13. The molecule has 226 valence electrons. The van der Waals surface area contributed by atoms with Gasteiger partial charge >= 0.3 is 0 Å². The van der Waals surface area contributed by atoms with E-state index in [1.165, 1.54) is 18.2 Å². The second-order valence-corrected chi connectivity index (χ2v) is 14.0. The molecule has 0 aliphatic heterocycles. The van der Waals surface area contributed by atoms with E-state index in [-0.39, 0.29) is 22.1 Å². The van der Waals surface area contributed by atoms with Crippen LogP contribution in [-0.2, 0) is 40.5 Å². The standard InChI is InChI=1S/C22H16N4O13S4/c27-22-20(43(37,38)39)10-12-9-14(40(28,29)30)6-7-15(12)21(22)26-25-17-8-5-13(11-19(17)42(34,35)36)23-24-16-3-1-2-4-18(16)41(31,32)33/h1-11,27H,(H,28,29,30)(H,31,32,33)(H,34,35,36)(H,37,38,39). The van der Waals surface area contributed by atoms with Gasteiger partial charge in [0.05, 0.1) is 10.6 Å². The topological polar surface area (TPSA) is 287 Å². The number of hydrogen-bond donors (Lipinski definition) is 5. The van der Waals surface area contributed by atoms with E-state index >= 15 is 0 Å². The van der Waals surface area contributed by atoms with E-state index in [0.29, 0.717) is 6.07 Å². The number of phenolic OH excluding ortho intramolecular Hbond substituents is 1. The van der Waals surface area contributed by atoms with Crippen LogP contribution in [0.4, 0.5) is 22.7 Å². The van der Waals surface area contributed by atoms with Gasteiger partial charge in [-0.2, -0.15) is 38.8 Å². The van der Waals surface area contributed by atoms with Gasteiger partial charge in [0.1, 0.15) is 31.7 Å². The van der Waals surface area contributed by atoms with Gasteiger partial charge in [-0.3, -0.25) is 18.2 Å². The van der Waals surface area contributed by atoms with Crippen molar-refractivity contribution in [2.75, 3.05) is 0 Å². The van der Waals surface area contributed by atoms with Gasteiger partial charge in [-0.15, -0.1) is 15.3 Å². The summed E-state index contributed by atoms with van der Waals surface area (Å²) in [4.78, 5) is -3.31. The molecule has 17 nitrogen and oxygen atoms in total. The molecular formula is C22H16N4O13S4. The zero-order chi connectivity index (χ0) is 32.0. The molecule has 0 radical (unpaired) electrons. The van der Waals surface area contributed by atoms with Crippen molar-refractivity contribution in [2.24, 2.45) is 20.5 Å². The van der Waals surface area contributed by atoms with Crippen molar-refractivity contribution in [1.29, 1.82) is 0 Å². The monoisotopic (exact) mass is 672 g/mol. The Labute approximate surface area is 242 Å². The van der Waals surface area contributed by atoms with Crippen LogP contribution in [0.3, 0.4) is 0 Å². The molecule has 4 rings (SSSR count). The lowest BCUT2D eigenvalue weighted by Crippen LogP contribution is -2.00. The van der Waals surface area contributed by atoms with Crippen molar-refractivity contribution < 1.29 is 57.0 Å². The Morgan fingerprint density at radius 2 is 1.09 bits per heavy atom. The van der Waals surface area contributed by atoms with Gasteiger partial charge in [-0.1, -0.05) is 18.2 Å². The van der Waals surface area contributed by atoms with Gasteiger partial charge in [-0.25, -0.2) is 0 Å². The molecular weight excluding hydrogens is 657 g/mol. The van der Waals surface area contributed by atoms with Crippen LogP contribution < -0.4 is 0 Å². The summed E-state index contributed by atoms with van der Waals surface area (Å²) in [6.45, 7) is 0. The van der Waals surface area contributed by atoms with Gasteiger partial charge in [0.15, 0.2) is 5.75 Å². The summed E-state index contributed by atoms with van der Waals surface area (Å²) in [6, 6.07) is 11.1. The molecule has 5 N–H and O–H groups in total. The number of benzene rings is 4. The highest BCUT2D eigenvalue weighted by molar-refractivity contribution is 7.86. The average Bonchev–Trinajstić information content (AvgIpc) is 2.89. The SMILES string of the molecule is O=S(=O)(O)c1ccc2c(N=Nc3ccc(N=Nc4ccccc4S(=O)(=O)O)cc3S(=O)(=O)O)c(O)c(S(=O)(=O)O)cc2c1. The molecule has 0 atom stereocenters. The van der Waals surface area contributed by atoms with E-state index in [0.717, 1.165) is 42.5 Å². The summed E-state index contributed by atoms with van der Waals surface area (Å²) in [5.41, 5.74) is -1.82. The number of rotatable bonds is 8. The predicted molar refractivity (Wildman–Crippen MR) is 146 cm³/mol. The molecule has 0 aliphatic rings. The Kier molecular flexibility index (Phi) is 8.20. The summed E-state index contributed by atoms with van der Waals surface area (Å²) in [6.07, 6.45) is 0. The predicted octanol–water partition coefficient (Wildman–Crippen LogP) is 4.36. The molecule has 0 aliphatic carbocycles. The minimum absolute atomic E-state index is 0.155. The lowest BCUT2D eigenvalue weighted by atomic mass is 10.1. The lowest BCUT2D eigenvalue weighted by Gasteiger charge is -2.10. The first-order chi connectivity index (χ1) is 19.8. The summed E-state index contributed by atoms with van der Waals surface area (Å²) < 4.78 is 132. The Hall–Kier alpha value is -4.22. The van der Waals surface area contributed by atoms with Gasteiger partial charge in [-0.05, 0) is 53.9 Å². The van der Waals surface area contributed by atoms with Crippen molar-refractivity contribution in [3.8, 4) is 5.75 Å². The normalized spacial score (nSPS) is 13.3. The molecule has 0 amide bonds. The highest BCUT2D eigenvalue weighted by atomic mass is 32.2. The molecule has 43 heavy (non-hydrogen) atoms. The molecule has 0 saturated heterocycles. The number of azo groups is 2. The fraction of sp³-hybridized carbons (Fsp3) is 0. The van der Waals surface area contributed by atoms with Gasteiger partial charge in [0.2, 0.25) is 0 Å². The van der Waals surface area contributed by atoms with Crippen LogP contribution in [0.1, 0.15) is 0 Å². The zero-order valence-corrected chi connectivity index (χ0v) is 24.0. The van der Waals surface area contributed by atoms with Crippen molar-refractivity contribution in [3.05, 3.63) is 66.7 Å². The first-order valence-corrected chi connectivity index (χ1v) is 16.8. The van der Waals surface area contributed by atoms with Crippen LogP contribution >= 0.6 is 0 Å². The molecule has 0 spiro atoms. The number of phenols is 1. The third-order valence-electron chi connectivity index (χ3n) is 5.49. The van der Waals surface area contributed by atoms with Crippen molar-refractivity contribution in [1.82, 2.24) is 0 Å². The summed E-state index contributed by atoms with van der Waals surface area (Å²) in [7, 11) is -19.6. The summed E-state index contributed by atoms with van der Waals surface area (Å²) in [5.74, 6) is -1.16. The van der Waals surface area contributed by atoms with Crippen LogP contribution in [0.15, 0.2) is 107 Å². The first kappa shape index (κ1) is 31.7. The molecule has 4 aromatic rings. The number of nitrogens with zero attached hydrogens (tertiary/aromatic N) is 4. The van der Waals surface area contributed by atoms with Gasteiger partial charge < -0.3 is 5.11 Å². The fourth-order valence-corrected chi connectivity index (χ4v) is 6.02. The fourth-order valence-electron chi connectivity index (χ4n) is 3.62. The van der Waals surface area contributed by atoms with Crippen LogP contribution in [-0.4, -0.2) is 57.0 Å². The molecule has 0 unspecified atom stereocenters. The summed E-state index contributed by atoms with van der Waals surface area (Å²) >= 11 is 0. The molecule has 0 aromatic heterocycles. The Bertz CT molecular complexity index is 2300. The maximum atomic E-state index is 12.1. The quantitative estimate of drug-likeness (QED) is 0.129. The molecule has 21 heteroatoms. The van der Waals surface area contributed by atoms with Crippen LogP contribution in [0, 0.1) is 0 Å². The number of fused-ring (bicyclic) bond motifs is 1. The van der Waals surface area contributed by atoms with E-state index in [1.807, 2.05) is 0 Å².